The minimum Gasteiger partial charge on any atom is -0.392 e. The van der Waals surface area contributed by atoms with Crippen molar-refractivity contribution in [1.82, 2.24) is 0 Å². The van der Waals surface area contributed by atoms with Crippen LogP contribution in [-0.2, 0) is 0 Å². The summed E-state index contributed by atoms with van der Waals surface area (Å²) in [7, 11) is 0. The van der Waals surface area contributed by atoms with E-state index in [-0.39, 0.29) is 10.8 Å². The van der Waals surface area contributed by atoms with Crippen molar-refractivity contribution in [2.75, 3.05) is 5.88 Å². The summed E-state index contributed by atoms with van der Waals surface area (Å²) in [5.41, 5.74) is -0.0492. The Morgan fingerprint density at radius 3 is 1.50 bits per heavy atom. The highest BCUT2D eigenvalue weighted by Crippen LogP contribution is 2.34. The fourth-order valence-corrected chi connectivity index (χ4v) is 4.05. The molecular weight excluding hydrogens is 363 g/mol. The van der Waals surface area contributed by atoms with Crippen molar-refractivity contribution in [3.8, 4) is 0 Å². The molecule has 3 heteroatoms. The van der Waals surface area contributed by atoms with Gasteiger partial charge in [-0.25, -0.2) is 0 Å². The van der Waals surface area contributed by atoms with Crippen LogP contribution in [0, 0.1) is 5.41 Å². The van der Waals surface area contributed by atoms with Gasteiger partial charge in [-0.1, -0.05) is 111 Å². The van der Waals surface area contributed by atoms with E-state index in [9.17, 15) is 5.11 Å². The first-order chi connectivity index (χ1) is 12.4. The van der Waals surface area contributed by atoms with Crippen LogP contribution in [0.5, 0.6) is 0 Å². The molecule has 2 atom stereocenters. The molecule has 26 heavy (non-hydrogen) atoms. The van der Waals surface area contributed by atoms with Gasteiger partial charge in [0, 0.05) is 11.3 Å². The van der Waals surface area contributed by atoms with E-state index in [4.69, 9.17) is 23.2 Å². The fourth-order valence-electron chi connectivity index (χ4n) is 3.70. The Balaban J connectivity index is 3.40. The number of halogens is 2. The number of rotatable bonds is 19. The molecule has 0 radical (unpaired) electrons. The molecule has 0 aliphatic carbocycles. The minimum absolute atomic E-state index is 0.0492. The molecule has 1 N–H and O–H groups in total. The topological polar surface area (TPSA) is 20.2 Å². The van der Waals surface area contributed by atoms with Crippen LogP contribution >= 0.6 is 23.2 Å². The quantitative estimate of drug-likeness (QED) is 0.167. The highest BCUT2D eigenvalue weighted by molar-refractivity contribution is 6.21. The molecule has 0 aromatic rings. The summed E-state index contributed by atoms with van der Waals surface area (Å²) < 4.78 is 0. The van der Waals surface area contributed by atoms with Crippen molar-refractivity contribution >= 4 is 23.2 Å². The fraction of sp³-hybridized carbons (Fsp3) is 1.00. The maximum atomic E-state index is 9.75. The highest BCUT2D eigenvalue weighted by Gasteiger charge is 2.29. The third-order valence-corrected chi connectivity index (χ3v) is 6.76. The summed E-state index contributed by atoms with van der Waals surface area (Å²) in [5.74, 6) is 0.298. The lowest BCUT2D eigenvalue weighted by Gasteiger charge is -2.31. The summed E-state index contributed by atoms with van der Waals surface area (Å²) in [6.07, 6.45) is 20.7. The van der Waals surface area contributed by atoms with Crippen LogP contribution in [0.1, 0.15) is 124 Å². The molecule has 0 aromatic heterocycles. The van der Waals surface area contributed by atoms with Crippen molar-refractivity contribution in [3.05, 3.63) is 0 Å². The number of aliphatic hydroxyl groups is 1. The van der Waals surface area contributed by atoms with E-state index >= 15 is 0 Å². The molecule has 0 aliphatic rings. The van der Waals surface area contributed by atoms with E-state index < -0.39 is 6.10 Å². The third-order valence-electron chi connectivity index (χ3n) is 5.60. The number of alkyl halides is 2. The zero-order chi connectivity index (χ0) is 19.7. The SMILES string of the molecule is CCCCCCCCCCCCCCCCC(Cl)C(C)(C)CC(O)CCl. The second-order valence-corrected chi connectivity index (χ2v) is 9.69. The van der Waals surface area contributed by atoms with Crippen LogP contribution in [0.15, 0.2) is 0 Å². The maximum Gasteiger partial charge on any atom is 0.0681 e. The van der Waals surface area contributed by atoms with Gasteiger partial charge in [0.1, 0.15) is 0 Å². The molecule has 0 aromatic carbocycles. The molecule has 0 heterocycles. The Morgan fingerprint density at radius 2 is 1.12 bits per heavy atom. The Morgan fingerprint density at radius 1 is 0.731 bits per heavy atom. The van der Waals surface area contributed by atoms with E-state index in [2.05, 4.69) is 20.8 Å². The third kappa shape index (κ3) is 15.6. The summed E-state index contributed by atoms with van der Waals surface area (Å²) in [6.45, 7) is 6.57. The van der Waals surface area contributed by atoms with Gasteiger partial charge in [-0.3, -0.25) is 0 Å². The van der Waals surface area contributed by atoms with Crippen LogP contribution in [-0.4, -0.2) is 22.5 Å². The maximum absolute atomic E-state index is 9.75. The first-order valence-electron chi connectivity index (χ1n) is 11.3. The van der Waals surface area contributed by atoms with E-state index in [0.717, 1.165) is 6.42 Å². The Bertz CT molecular complexity index is 294. The van der Waals surface area contributed by atoms with Crippen LogP contribution in [0.2, 0.25) is 0 Å². The summed E-state index contributed by atoms with van der Waals surface area (Å²) in [4.78, 5) is 0. The highest BCUT2D eigenvalue weighted by atomic mass is 35.5. The van der Waals surface area contributed by atoms with Gasteiger partial charge in [0.2, 0.25) is 0 Å². The number of aliphatic hydroxyl groups excluding tert-OH is 1. The first-order valence-corrected chi connectivity index (χ1v) is 12.3. The average molecular weight is 410 g/mol. The first kappa shape index (κ1) is 26.5. The number of hydrogen-bond donors (Lipinski definition) is 1. The number of hydrogen-bond acceptors (Lipinski definition) is 1. The van der Waals surface area contributed by atoms with Gasteiger partial charge in [0.05, 0.1) is 6.10 Å². The van der Waals surface area contributed by atoms with Crippen molar-refractivity contribution in [3.63, 3.8) is 0 Å². The van der Waals surface area contributed by atoms with Crippen molar-refractivity contribution in [2.45, 2.75) is 135 Å². The van der Waals surface area contributed by atoms with Crippen molar-refractivity contribution < 1.29 is 5.11 Å². The lowest BCUT2D eigenvalue weighted by atomic mass is 9.81. The Kier molecular flexibility index (Phi) is 18.0. The van der Waals surface area contributed by atoms with Gasteiger partial charge in [-0.15, -0.1) is 23.2 Å². The predicted molar refractivity (Wildman–Crippen MR) is 120 cm³/mol. The van der Waals surface area contributed by atoms with Crippen molar-refractivity contribution in [2.24, 2.45) is 5.41 Å². The summed E-state index contributed by atoms with van der Waals surface area (Å²) >= 11 is 12.3. The van der Waals surface area contributed by atoms with Crippen LogP contribution in [0.4, 0.5) is 0 Å². The molecule has 0 bridgehead atoms. The molecule has 0 spiro atoms. The zero-order valence-corrected chi connectivity index (χ0v) is 19.4. The predicted octanol–water partition coefficient (Wildman–Crippen LogP) is 8.48. The molecule has 0 saturated carbocycles. The van der Waals surface area contributed by atoms with Gasteiger partial charge < -0.3 is 5.11 Å². The molecule has 1 nitrogen and oxygen atoms in total. The van der Waals surface area contributed by atoms with Gasteiger partial charge in [-0.05, 0) is 18.3 Å². The van der Waals surface area contributed by atoms with Crippen LogP contribution in [0.25, 0.3) is 0 Å². The molecule has 0 amide bonds. The van der Waals surface area contributed by atoms with Crippen LogP contribution < -0.4 is 0 Å². The zero-order valence-electron chi connectivity index (χ0n) is 17.9. The normalized spacial score (nSPS) is 14.5. The summed E-state index contributed by atoms with van der Waals surface area (Å²) in [6, 6.07) is 0. The molecular formula is C23H46Cl2O. The molecule has 0 aliphatic heterocycles. The average Bonchev–Trinajstić information content (AvgIpc) is 2.61. The van der Waals surface area contributed by atoms with E-state index in [1.54, 1.807) is 0 Å². The second kappa shape index (κ2) is 17.6. The molecule has 158 valence electrons. The molecule has 0 rings (SSSR count). The van der Waals surface area contributed by atoms with E-state index in [0.29, 0.717) is 12.3 Å². The lowest BCUT2D eigenvalue weighted by molar-refractivity contribution is 0.127. The standard InChI is InChI=1S/C23H46Cl2O/c1-4-5-6-7-8-9-10-11-12-13-14-15-16-17-18-22(25)23(2,3)19-21(26)20-24/h21-22,26H,4-20H2,1-3H3. The van der Waals surface area contributed by atoms with Gasteiger partial charge in [0.25, 0.3) is 0 Å². The Hall–Kier alpha value is 0.540. The monoisotopic (exact) mass is 408 g/mol. The minimum atomic E-state index is -0.441. The Labute approximate surface area is 174 Å². The van der Waals surface area contributed by atoms with Gasteiger partial charge in [-0.2, -0.15) is 0 Å². The molecule has 0 fully saturated rings. The largest absolute Gasteiger partial charge is 0.392 e. The van der Waals surface area contributed by atoms with Gasteiger partial charge >= 0.3 is 0 Å². The van der Waals surface area contributed by atoms with E-state index in [1.807, 2.05) is 0 Å². The van der Waals surface area contributed by atoms with Crippen LogP contribution in [0.3, 0.4) is 0 Å². The molecule has 0 saturated heterocycles. The second-order valence-electron chi connectivity index (χ2n) is 8.85. The van der Waals surface area contributed by atoms with Crippen molar-refractivity contribution in [1.29, 1.82) is 0 Å². The smallest absolute Gasteiger partial charge is 0.0681 e. The lowest BCUT2D eigenvalue weighted by Crippen LogP contribution is -2.30. The van der Waals surface area contributed by atoms with Gasteiger partial charge in [0.15, 0.2) is 0 Å². The summed E-state index contributed by atoms with van der Waals surface area (Å²) in [5, 5.41) is 9.87. The van der Waals surface area contributed by atoms with E-state index in [1.165, 1.54) is 89.9 Å². The molecule has 2 unspecified atom stereocenters. The number of unbranched alkanes of at least 4 members (excludes halogenated alkanes) is 13.